The summed E-state index contributed by atoms with van der Waals surface area (Å²) >= 11 is 3.45. The summed E-state index contributed by atoms with van der Waals surface area (Å²) in [5.41, 5.74) is 0. The van der Waals surface area contributed by atoms with Gasteiger partial charge in [0.1, 0.15) is 0 Å². The zero-order valence-electron chi connectivity index (χ0n) is 12.6. The Morgan fingerprint density at radius 3 is 1.70 bits per heavy atom. The van der Waals surface area contributed by atoms with Crippen molar-refractivity contribution in [1.82, 2.24) is 4.72 Å². The van der Waals surface area contributed by atoms with Crippen molar-refractivity contribution in [3.05, 3.63) is 0 Å². The maximum absolute atomic E-state index is 11.6. The van der Waals surface area contributed by atoms with Crippen LogP contribution in [0.2, 0.25) is 0 Å². The van der Waals surface area contributed by atoms with Crippen LogP contribution in [-0.2, 0) is 10.0 Å². The summed E-state index contributed by atoms with van der Waals surface area (Å²) < 4.78 is 26.0. The van der Waals surface area contributed by atoms with E-state index in [1.54, 1.807) is 0 Å². The summed E-state index contributed by atoms with van der Waals surface area (Å²) in [6, 6.07) is 0.254. The van der Waals surface area contributed by atoms with E-state index in [9.17, 15) is 8.42 Å². The second kappa shape index (κ2) is 11.0. The van der Waals surface area contributed by atoms with Gasteiger partial charge < -0.3 is 0 Å². The average Bonchev–Trinajstić information content (AvgIpc) is 3.19. The highest BCUT2D eigenvalue weighted by molar-refractivity contribution is 9.09. The average molecular weight is 368 g/mol. The van der Waals surface area contributed by atoms with E-state index in [4.69, 9.17) is 0 Å². The van der Waals surface area contributed by atoms with E-state index < -0.39 is 10.0 Å². The summed E-state index contributed by atoms with van der Waals surface area (Å²) in [5, 5.41) is 1.13. The number of sulfonamides is 1. The molecule has 1 N–H and O–H groups in total. The van der Waals surface area contributed by atoms with E-state index in [-0.39, 0.29) is 6.04 Å². The topological polar surface area (TPSA) is 46.2 Å². The minimum atomic E-state index is -2.98. The summed E-state index contributed by atoms with van der Waals surface area (Å²) in [5.74, 6) is 0.316. The Morgan fingerprint density at radius 1 is 0.800 bits per heavy atom. The van der Waals surface area contributed by atoms with Gasteiger partial charge in [-0.1, -0.05) is 67.3 Å². The van der Waals surface area contributed by atoms with Crippen LogP contribution < -0.4 is 4.72 Å². The number of halogens is 1. The Morgan fingerprint density at radius 2 is 1.25 bits per heavy atom. The lowest BCUT2D eigenvalue weighted by Crippen LogP contribution is -2.28. The van der Waals surface area contributed by atoms with Gasteiger partial charge >= 0.3 is 0 Å². The fraction of sp³-hybridized carbons (Fsp3) is 1.00. The molecule has 0 unspecified atom stereocenters. The highest BCUT2D eigenvalue weighted by Gasteiger charge is 2.26. The van der Waals surface area contributed by atoms with Gasteiger partial charge in [0, 0.05) is 11.4 Å². The molecule has 20 heavy (non-hydrogen) atoms. The van der Waals surface area contributed by atoms with Crippen LogP contribution in [0.25, 0.3) is 0 Å². The van der Waals surface area contributed by atoms with Gasteiger partial charge in [-0.15, -0.1) is 0 Å². The Bertz CT molecular complexity index is 329. The molecule has 3 nitrogen and oxygen atoms in total. The number of rotatable bonds is 14. The molecule has 1 aliphatic rings. The first-order chi connectivity index (χ1) is 9.64. The molecule has 0 atom stereocenters. The van der Waals surface area contributed by atoms with Gasteiger partial charge in [-0.2, -0.15) is 0 Å². The number of hydrogen-bond donors (Lipinski definition) is 1. The van der Waals surface area contributed by atoms with Gasteiger partial charge in [-0.05, 0) is 25.7 Å². The van der Waals surface area contributed by atoms with Crippen molar-refractivity contribution in [1.29, 1.82) is 0 Å². The van der Waals surface area contributed by atoms with Crippen LogP contribution in [0.15, 0.2) is 0 Å². The van der Waals surface area contributed by atoms with Crippen molar-refractivity contribution in [3.8, 4) is 0 Å². The molecule has 0 aliphatic heterocycles. The highest BCUT2D eigenvalue weighted by Crippen LogP contribution is 2.20. The quantitative estimate of drug-likeness (QED) is 0.366. The molecule has 1 saturated carbocycles. The zero-order valence-corrected chi connectivity index (χ0v) is 15.0. The van der Waals surface area contributed by atoms with Crippen LogP contribution >= 0.6 is 15.9 Å². The Labute approximate surface area is 133 Å². The van der Waals surface area contributed by atoms with Crippen LogP contribution in [0, 0.1) is 0 Å². The molecule has 1 rings (SSSR count). The molecule has 0 radical (unpaired) electrons. The molecule has 0 aromatic heterocycles. The van der Waals surface area contributed by atoms with Crippen molar-refractivity contribution >= 4 is 26.0 Å². The van der Waals surface area contributed by atoms with Crippen molar-refractivity contribution < 1.29 is 8.42 Å². The van der Waals surface area contributed by atoms with Gasteiger partial charge in [0.05, 0.1) is 5.75 Å². The lowest BCUT2D eigenvalue weighted by Gasteiger charge is -2.05. The summed E-state index contributed by atoms with van der Waals surface area (Å²) in [6.45, 7) is 0. The van der Waals surface area contributed by atoms with E-state index >= 15 is 0 Å². The number of hydrogen-bond acceptors (Lipinski definition) is 2. The standard InChI is InChI=1S/C15H30BrNO2S/c16-13-9-7-5-3-1-2-4-6-8-10-14-20(18,19)17-15-11-12-15/h15,17H,1-14H2. The first-order valence-corrected chi connectivity index (χ1v) is 11.0. The predicted molar refractivity (Wildman–Crippen MR) is 89.9 cm³/mol. The van der Waals surface area contributed by atoms with Crippen molar-refractivity contribution in [2.75, 3.05) is 11.1 Å². The molecule has 0 heterocycles. The van der Waals surface area contributed by atoms with Crippen LogP contribution in [-0.4, -0.2) is 25.5 Å². The number of unbranched alkanes of at least 4 members (excludes halogenated alkanes) is 9. The molecule has 5 heteroatoms. The van der Waals surface area contributed by atoms with E-state index in [1.807, 2.05) is 0 Å². The fourth-order valence-electron chi connectivity index (χ4n) is 2.31. The van der Waals surface area contributed by atoms with Gasteiger partial charge in [0.2, 0.25) is 10.0 Å². The third kappa shape index (κ3) is 11.1. The van der Waals surface area contributed by atoms with E-state index in [2.05, 4.69) is 20.7 Å². The van der Waals surface area contributed by atoms with Crippen LogP contribution in [0.3, 0.4) is 0 Å². The second-order valence-electron chi connectivity index (χ2n) is 5.94. The van der Waals surface area contributed by atoms with Gasteiger partial charge in [-0.25, -0.2) is 13.1 Å². The third-order valence-electron chi connectivity index (χ3n) is 3.72. The first-order valence-electron chi connectivity index (χ1n) is 8.20. The Balaban J connectivity index is 1.80. The molecule has 0 aromatic carbocycles. The molecule has 120 valence electrons. The van der Waals surface area contributed by atoms with Crippen LogP contribution in [0.5, 0.6) is 0 Å². The van der Waals surface area contributed by atoms with Crippen LogP contribution in [0.1, 0.15) is 77.0 Å². The lowest BCUT2D eigenvalue weighted by atomic mass is 10.1. The lowest BCUT2D eigenvalue weighted by molar-refractivity contribution is 0.555. The second-order valence-corrected chi connectivity index (χ2v) is 8.60. The molecular weight excluding hydrogens is 338 g/mol. The molecule has 0 bridgehead atoms. The van der Waals surface area contributed by atoms with Gasteiger partial charge in [0.25, 0.3) is 0 Å². The molecule has 0 saturated heterocycles. The maximum Gasteiger partial charge on any atom is 0.211 e. The molecule has 0 spiro atoms. The molecule has 0 amide bonds. The molecule has 0 aromatic rings. The maximum atomic E-state index is 11.6. The van der Waals surface area contributed by atoms with Crippen molar-refractivity contribution in [2.45, 2.75) is 83.1 Å². The minimum absolute atomic E-state index is 0.254. The van der Waals surface area contributed by atoms with Crippen molar-refractivity contribution in [3.63, 3.8) is 0 Å². The van der Waals surface area contributed by atoms with Crippen molar-refractivity contribution in [2.24, 2.45) is 0 Å². The van der Waals surface area contributed by atoms with Gasteiger partial charge in [0.15, 0.2) is 0 Å². The molecule has 1 fully saturated rings. The fourth-order valence-corrected chi connectivity index (χ4v) is 4.16. The SMILES string of the molecule is O=S(=O)(CCCCCCCCCCCCBr)NC1CC1. The van der Waals surface area contributed by atoms with E-state index in [0.717, 1.165) is 31.0 Å². The predicted octanol–water partition coefficient (Wildman–Crippen LogP) is 4.36. The number of nitrogens with one attached hydrogen (secondary N) is 1. The Kier molecular flexibility index (Phi) is 10.2. The smallest absolute Gasteiger partial charge is 0.211 e. The largest absolute Gasteiger partial charge is 0.212 e. The van der Waals surface area contributed by atoms with Crippen LogP contribution in [0.4, 0.5) is 0 Å². The zero-order chi connectivity index (χ0) is 14.7. The first kappa shape index (κ1) is 18.4. The molecule has 1 aliphatic carbocycles. The van der Waals surface area contributed by atoms with E-state index in [0.29, 0.717) is 5.75 Å². The minimum Gasteiger partial charge on any atom is -0.212 e. The monoisotopic (exact) mass is 367 g/mol. The summed E-state index contributed by atoms with van der Waals surface area (Å²) in [7, 11) is -2.98. The van der Waals surface area contributed by atoms with Gasteiger partial charge in [-0.3, -0.25) is 0 Å². The normalized spacial score (nSPS) is 15.7. The number of alkyl halides is 1. The summed E-state index contributed by atoms with van der Waals surface area (Å²) in [4.78, 5) is 0. The summed E-state index contributed by atoms with van der Waals surface area (Å²) in [6.07, 6.45) is 14.3. The molecular formula is C15H30BrNO2S. The Hall–Kier alpha value is 0.390. The third-order valence-corrected chi connectivity index (χ3v) is 5.80. The van der Waals surface area contributed by atoms with E-state index in [1.165, 1.54) is 51.4 Å². The highest BCUT2D eigenvalue weighted by atomic mass is 79.9.